The Morgan fingerprint density at radius 3 is 0.704 bits per heavy atom. The Hall–Kier alpha value is 1.51. The minimum absolute atomic E-state index is 0. The summed E-state index contributed by atoms with van der Waals surface area (Å²) in [6.45, 7) is 22.0. The molecule has 0 aromatic heterocycles. The summed E-state index contributed by atoms with van der Waals surface area (Å²) in [4.78, 5) is 0. The number of hydrogen-bond acceptors (Lipinski definition) is 5. The maximum atomic E-state index is 3.78. The molecule has 0 unspecified atom stereocenters. The molecule has 0 fully saturated rings. The van der Waals surface area contributed by atoms with Gasteiger partial charge in [0.1, 0.15) is 0 Å². The zero-order chi connectivity index (χ0) is 19.8. The van der Waals surface area contributed by atoms with Gasteiger partial charge in [-0.3, -0.25) is 0 Å². The molecule has 27 heavy (non-hydrogen) atoms. The molecule has 149 valence electrons. The fraction of sp³-hybridized carbons (Fsp3) is 0.500. The molecule has 0 aliphatic carbocycles. The van der Waals surface area contributed by atoms with Gasteiger partial charge in [0.05, 0.1) is 0 Å². The topological polar surface area (TPSA) is 0 Å². The molecule has 2 aromatic carbocycles. The third kappa shape index (κ3) is 10.4. The van der Waals surface area contributed by atoms with Gasteiger partial charge in [0.25, 0.3) is 0 Å². The quantitative estimate of drug-likeness (QED) is 0.190. The van der Waals surface area contributed by atoms with E-state index in [4.69, 9.17) is 0 Å². The van der Waals surface area contributed by atoms with Crippen LogP contribution in [0.3, 0.4) is 0 Å². The minimum Gasteiger partial charge on any atom is -1.00 e. The number of rotatable bonds is 0. The molecule has 1 radical (unpaired) electrons. The van der Waals surface area contributed by atoms with Crippen molar-refractivity contribution in [2.45, 2.75) is 69.2 Å². The molecule has 0 spiro atoms. The Morgan fingerprint density at radius 2 is 0.667 bits per heavy atom. The van der Waals surface area contributed by atoms with Crippen molar-refractivity contribution < 1.29 is 34.7 Å². The van der Waals surface area contributed by atoms with Crippen molar-refractivity contribution in [3.05, 3.63) is 55.6 Å². The summed E-state index contributed by atoms with van der Waals surface area (Å²) in [7, 11) is 0. The van der Waals surface area contributed by atoms with Gasteiger partial charge in [-0.1, -0.05) is 69.2 Å². The van der Waals surface area contributed by atoms with E-state index in [0.717, 1.165) is 0 Å². The van der Waals surface area contributed by atoms with Gasteiger partial charge in [-0.05, 0) is 0 Å². The standard InChI is InChI=1S/2C10H15.2Cr.H2S2.S2.H2S/c2*1-6-7(2)9(4)10(5)8(6)3;;;2*1-2;/h2*1-5H3;;;1-2H;;1H2/q2*-1;+5;+6;;-2;/p-2. The van der Waals surface area contributed by atoms with Crippen LogP contribution in [0.15, 0.2) is 0 Å². The van der Waals surface area contributed by atoms with Crippen molar-refractivity contribution in [1.29, 1.82) is 0 Å². The van der Waals surface area contributed by atoms with Crippen LogP contribution in [0.25, 0.3) is 0 Å². The average Bonchev–Trinajstić information content (AvgIpc) is 2.89. The molecule has 0 heterocycles. The summed E-state index contributed by atoms with van der Waals surface area (Å²) in [5.74, 6) is 0. The number of hydrogen-bond donors (Lipinski definition) is 1. The van der Waals surface area contributed by atoms with Crippen LogP contribution in [0, 0.1) is 69.2 Å². The fourth-order valence-electron chi connectivity index (χ4n) is 2.81. The smallest absolute Gasteiger partial charge is 1.00 e. The van der Waals surface area contributed by atoms with Crippen LogP contribution in [0.4, 0.5) is 0 Å². The van der Waals surface area contributed by atoms with Gasteiger partial charge in [-0.2, -0.15) is 55.6 Å². The van der Waals surface area contributed by atoms with Crippen molar-refractivity contribution in [2.75, 3.05) is 0 Å². The van der Waals surface area contributed by atoms with Gasteiger partial charge < -0.3 is 60.1 Å². The second-order valence-corrected chi connectivity index (χ2v) is 6.25. The Bertz CT molecular complexity index is 427. The molecule has 2 aromatic rings. The van der Waals surface area contributed by atoms with Crippen LogP contribution in [0.5, 0.6) is 0 Å². The van der Waals surface area contributed by atoms with E-state index in [-0.39, 0.29) is 48.2 Å². The first-order valence-electron chi connectivity index (χ1n) is 7.85. The average molecular weight is 537 g/mol. The van der Waals surface area contributed by atoms with Crippen molar-refractivity contribution >= 4 is 60.1 Å². The van der Waals surface area contributed by atoms with Gasteiger partial charge >= 0.3 is 34.7 Å². The van der Waals surface area contributed by atoms with Crippen molar-refractivity contribution in [3.63, 3.8) is 0 Å². The van der Waals surface area contributed by atoms with Gasteiger partial charge in [0.15, 0.2) is 0 Å². The molecule has 0 bridgehead atoms. The second kappa shape index (κ2) is 19.5. The molecule has 0 aliphatic rings. The number of thiol groups is 2. The van der Waals surface area contributed by atoms with Crippen LogP contribution in [-0.4, -0.2) is 0 Å². The van der Waals surface area contributed by atoms with Crippen LogP contribution in [0.2, 0.25) is 0 Å². The first-order valence-corrected chi connectivity index (χ1v) is 10.6. The van der Waals surface area contributed by atoms with Crippen LogP contribution in [0.1, 0.15) is 55.6 Å². The Labute approximate surface area is 217 Å². The van der Waals surface area contributed by atoms with Crippen molar-refractivity contribution in [2.24, 2.45) is 0 Å². The van der Waals surface area contributed by atoms with E-state index in [9.17, 15) is 0 Å². The van der Waals surface area contributed by atoms with E-state index in [1.165, 1.54) is 55.6 Å². The van der Waals surface area contributed by atoms with Crippen LogP contribution < -0.4 is 0 Å². The van der Waals surface area contributed by atoms with Crippen LogP contribution >= 0.6 is 11.7 Å². The molecule has 7 heteroatoms. The van der Waals surface area contributed by atoms with Gasteiger partial charge in [-0.25, -0.2) is 0 Å². The van der Waals surface area contributed by atoms with Gasteiger partial charge in [0, 0.05) is 0 Å². The van der Waals surface area contributed by atoms with E-state index < -0.39 is 0 Å². The molecule has 0 amide bonds. The van der Waals surface area contributed by atoms with Crippen LogP contribution in [-0.2, 0) is 83.2 Å². The molecule has 2 rings (SSSR count). The molecular formula is C20H32Cr2S5+5. The zero-order valence-electron chi connectivity index (χ0n) is 17.9. The zero-order valence-corrected chi connectivity index (χ0v) is 24.7. The second-order valence-electron chi connectivity index (χ2n) is 6.25. The van der Waals surface area contributed by atoms with E-state index in [2.05, 4.69) is 116 Å². The maximum Gasteiger partial charge on any atom is 6.00 e. The summed E-state index contributed by atoms with van der Waals surface area (Å²) >= 11 is 14.2. The Kier molecular flexibility index (Phi) is 28.2. The van der Waals surface area contributed by atoms with Crippen molar-refractivity contribution in [1.82, 2.24) is 0 Å². The normalized spacial score (nSPS) is 8.22. The SMILES string of the molecule is Cc1c(C)c(C)[c-](C)c1C.Cc1c(C)c(C)[c-](C)c1C.[Cr+5].[Cr+6].[S-]S.[S-][S-].[SH-]. The van der Waals surface area contributed by atoms with E-state index in [0.29, 0.717) is 0 Å². The predicted molar refractivity (Wildman–Crippen MR) is 131 cm³/mol. The summed E-state index contributed by atoms with van der Waals surface area (Å²) < 4.78 is 0. The molecule has 0 nitrogen and oxygen atoms in total. The minimum atomic E-state index is 0. The van der Waals surface area contributed by atoms with Gasteiger partial charge in [0.2, 0.25) is 0 Å². The third-order valence-corrected chi connectivity index (χ3v) is 5.62. The van der Waals surface area contributed by atoms with Gasteiger partial charge in [-0.15, -0.1) is 0 Å². The Morgan fingerprint density at radius 1 is 0.556 bits per heavy atom. The molecule has 0 saturated heterocycles. The third-order valence-electron chi connectivity index (χ3n) is 5.62. The van der Waals surface area contributed by atoms with E-state index in [1.807, 2.05) is 0 Å². The summed E-state index contributed by atoms with van der Waals surface area (Å²) in [6.07, 6.45) is 0. The summed E-state index contributed by atoms with van der Waals surface area (Å²) in [5.41, 5.74) is 14.7. The maximum absolute atomic E-state index is 3.78. The molecule has 0 aliphatic heterocycles. The summed E-state index contributed by atoms with van der Waals surface area (Å²) in [5, 5.41) is 0. The molecule has 0 atom stereocenters. The predicted octanol–water partition coefficient (Wildman–Crippen LogP) is 5.99. The molecular weight excluding hydrogens is 505 g/mol. The largest absolute Gasteiger partial charge is 6.00 e. The first kappa shape index (κ1) is 39.0. The van der Waals surface area contributed by atoms with E-state index in [1.54, 1.807) is 0 Å². The van der Waals surface area contributed by atoms with E-state index >= 15 is 0 Å². The first-order chi connectivity index (χ1) is 11.1. The summed E-state index contributed by atoms with van der Waals surface area (Å²) in [6, 6.07) is 0. The fourth-order valence-corrected chi connectivity index (χ4v) is 2.81. The Balaban J connectivity index is -0.0000000921. The molecule has 0 saturated carbocycles. The molecule has 0 N–H and O–H groups in total. The van der Waals surface area contributed by atoms with Crippen molar-refractivity contribution in [3.8, 4) is 0 Å². The monoisotopic (exact) mass is 536 g/mol.